The van der Waals surface area contributed by atoms with Gasteiger partial charge in [0.25, 0.3) is 0 Å². The topological polar surface area (TPSA) is 108 Å². The normalized spacial score (nSPS) is 20.0. The lowest BCUT2D eigenvalue weighted by molar-refractivity contribution is -0.123. The van der Waals surface area contributed by atoms with Crippen molar-refractivity contribution >= 4 is 28.9 Å². The molecule has 0 radical (unpaired) electrons. The molecular weight excluding hydrogens is 504 g/mol. The number of rotatable bonds is 8. The number of nitrogens with one attached hydrogen (secondary N) is 2. The number of aliphatic hydroxyl groups is 1. The number of carbonyl (C=O) groups excluding carboxylic acids is 1. The van der Waals surface area contributed by atoms with Crippen LogP contribution in [0.15, 0.2) is 33.9 Å². The molecule has 3 aromatic heterocycles. The first kappa shape index (κ1) is 26.2. The number of thioether (sulfide) groups is 1. The van der Waals surface area contributed by atoms with Crippen molar-refractivity contribution in [2.45, 2.75) is 55.2 Å². The molecule has 9 nitrogen and oxygen atoms in total. The van der Waals surface area contributed by atoms with Crippen molar-refractivity contribution in [1.29, 1.82) is 0 Å². The van der Waals surface area contributed by atoms with Crippen LogP contribution in [-0.4, -0.2) is 74.4 Å². The van der Waals surface area contributed by atoms with Crippen LogP contribution in [0.2, 0.25) is 0 Å². The third kappa shape index (κ3) is 6.28. The minimum absolute atomic E-state index is 0.00731. The zero-order chi connectivity index (χ0) is 26.0. The van der Waals surface area contributed by atoms with E-state index in [1.807, 2.05) is 11.9 Å². The van der Waals surface area contributed by atoms with E-state index >= 15 is 0 Å². The van der Waals surface area contributed by atoms with Gasteiger partial charge in [0.05, 0.1) is 46.9 Å². The zero-order valence-electron chi connectivity index (χ0n) is 19.5. The van der Waals surface area contributed by atoms with Crippen molar-refractivity contribution in [3.63, 3.8) is 0 Å². The highest BCUT2D eigenvalue weighted by molar-refractivity contribution is 8.00. The molecule has 36 heavy (non-hydrogen) atoms. The molecule has 0 aliphatic carbocycles. The largest absolute Gasteiger partial charge is 0.447 e. The van der Waals surface area contributed by atoms with Crippen LogP contribution in [-0.2, 0) is 11.3 Å². The van der Waals surface area contributed by atoms with E-state index in [1.54, 1.807) is 12.1 Å². The maximum absolute atomic E-state index is 14.6. The Morgan fingerprint density at radius 1 is 1.42 bits per heavy atom. The number of pyridine rings is 1. The number of likely N-dealkylation sites (tertiary alicyclic amines) is 1. The predicted molar refractivity (Wildman–Crippen MR) is 125 cm³/mol. The molecule has 4 rings (SSSR count). The average molecular weight is 531 g/mol. The average Bonchev–Trinajstić information content (AvgIpc) is 3.38. The first-order valence-electron chi connectivity index (χ1n) is 11.3. The number of alkyl halides is 4. The Balaban J connectivity index is 1.65. The molecule has 1 saturated heterocycles. The van der Waals surface area contributed by atoms with E-state index in [2.05, 4.69) is 20.8 Å². The molecule has 1 aliphatic rings. The number of carbonyl (C=O) groups is 1. The zero-order valence-corrected chi connectivity index (χ0v) is 20.4. The van der Waals surface area contributed by atoms with Crippen molar-refractivity contribution < 1.29 is 32.0 Å². The highest BCUT2D eigenvalue weighted by Crippen LogP contribution is 2.43. The Bertz CT molecular complexity index is 1210. The van der Waals surface area contributed by atoms with Gasteiger partial charge in [0.1, 0.15) is 6.17 Å². The second-order valence-corrected chi connectivity index (χ2v) is 9.80. The Kier molecular flexibility index (Phi) is 7.76. The van der Waals surface area contributed by atoms with Crippen LogP contribution in [0, 0.1) is 0 Å². The van der Waals surface area contributed by atoms with E-state index in [9.17, 15) is 27.5 Å². The van der Waals surface area contributed by atoms with Gasteiger partial charge in [-0.15, -0.1) is 0 Å². The third-order valence-corrected chi connectivity index (χ3v) is 6.53. The van der Waals surface area contributed by atoms with E-state index in [-0.39, 0.29) is 53.6 Å². The smallest absolute Gasteiger partial charge is 0.393 e. The third-order valence-electron chi connectivity index (χ3n) is 5.69. The summed E-state index contributed by atoms with van der Waals surface area (Å²) in [6, 6.07) is 4.29. The molecular formula is C22H26F4N6O3S. The first-order chi connectivity index (χ1) is 17.0. The van der Waals surface area contributed by atoms with Crippen LogP contribution in [0.4, 0.5) is 23.2 Å². The molecule has 14 heteroatoms. The molecule has 3 aromatic rings. The van der Waals surface area contributed by atoms with Crippen molar-refractivity contribution in [2.24, 2.45) is 0 Å². The Labute approximate surface area is 208 Å². The SMILES string of the molecule is C[C@@H](O)CC(=O)NCc1nc(-c2cc3c(N[C@@H]4CCN(C)C[C@@H]4F)cccn3c2SC(F)(F)F)no1. The molecule has 1 aliphatic heterocycles. The van der Waals surface area contributed by atoms with Gasteiger partial charge in [-0.05, 0) is 38.6 Å². The highest BCUT2D eigenvalue weighted by atomic mass is 32.2. The van der Waals surface area contributed by atoms with Crippen LogP contribution in [0.3, 0.4) is 0 Å². The molecule has 0 bridgehead atoms. The first-order valence-corrected chi connectivity index (χ1v) is 12.1. The number of nitrogens with zero attached hydrogens (tertiary/aromatic N) is 4. The van der Waals surface area contributed by atoms with Crippen LogP contribution >= 0.6 is 11.8 Å². The fourth-order valence-electron chi connectivity index (χ4n) is 4.04. The predicted octanol–water partition coefficient (Wildman–Crippen LogP) is 3.44. The standard InChI is InChI=1S/C22H26F4N6O3S/c1-12(33)8-18(34)27-10-19-29-20(30-35-19)13-9-17-16(28-15-5-7-31(2)11-14(15)23)4-3-6-32(17)21(13)36-22(24,25)26/h3-4,6,9,12,14-15,28,33H,5,7-8,10-11H2,1-2H3,(H,27,34)/t12-,14+,15-/m1/s1. The van der Waals surface area contributed by atoms with Gasteiger partial charge < -0.3 is 29.6 Å². The van der Waals surface area contributed by atoms with Gasteiger partial charge in [0, 0.05) is 31.0 Å². The van der Waals surface area contributed by atoms with E-state index in [0.29, 0.717) is 24.2 Å². The molecule has 0 spiro atoms. The Morgan fingerprint density at radius 3 is 2.89 bits per heavy atom. The molecule has 1 amide bonds. The second-order valence-electron chi connectivity index (χ2n) is 8.75. The lowest BCUT2D eigenvalue weighted by Gasteiger charge is -2.33. The quantitative estimate of drug-likeness (QED) is 0.300. The summed E-state index contributed by atoms with van der Waals surface area (Å²) in [5.74, 6) is -0.533. The number of hydrogen-bond acceptors (Lipinski definition) is 8. The maximum atomic E-state index is 14.6. The number of anilines is 1. The number of hydrogen-bond donors (Lipinski definition) is 3. The fraction of sp³-hybridized carbons (Fsp3) is 0.500. The Morgan fingerprint density at radius 2 is 2.19 bits per heavy atom. The van der Waals surface area contributed by atoms with Crippen LogP contribution in [0.5, 0.6) is 0 Å². The van der Waals surface area contributed by atoms with E-state index in [1.165, 1.54) is 23.6 Å². The molecule has 1 fully saturated rings. The maximum Gasteiger partial charge on any atom is 0.447 e. The molecule has 3 atom stereocenters. The second kappa shape index (κ2) is 10.6. The van der Waals surface area contributed by atoms with Gasteiger partial charge in [0.15, 0.2) is 0 Å². The summed E-state index contributed by atoms with van der Waals surface area (Å²) in [7, 11) is 1.83. The summed E-state index contributed by atoms with van der Waals surface area (Å²) in [6.45, 7) is 2.28. The number of amides is 1. The fourth-order valence-corrected chi connectivity index (χ4v) is 4.78. The van der Waals surface area contributed by atoms with Gasteiger partial charge >= 0.3 is 5.51 Å². The van der Waals surface area contributed by atoms with E-state index in [4.69, 9.17) is 4.52 Å². The summed E-state index contributed by atoms with van der Waals surface area (Å²) in [5, 5.41) is 18.6. The van der Waals surface area contributed by atoms with Crippen LogP contribution in [0.1, 0.15) is 25.7 Å². The van der Waals surface area contributed by atoms with Gasteiger partial charge in [-0.3, -0.25) is 4.79 Å². The summed E-state index contributed by atoms with van der Waals surface area (Å²) in [5.41, 5.74) is -3.62. The lowest BCUT2D eigenvalue weighted by atomic mass is 10.0. The lowest BCUT2D eigenvalue weighted by Crippen LogP contribution is -2.46. The number of aromatic nitrogens is 3. The van der Waals surface area contributed by atoms with Gasteiger partial charge in [0.2, 0.25) is 17.6 Å². The van der Waals surface area contributed by atoms with E-state index in [0.717, 1.165) is 0 Å². The molecule has 3 N–H and O–H groups in total. The monoisotopic (exact) mass is 530 g/mol. The highest BCUT2D eigenvalue weighted by Gasteiger charge is 2.34. The van der Waals surface area contributed by atoms with Crippen molar-refractivity contribution in [2.75, 3.05) is 25.5 Å². The number of halogens is 4. The number of piperidine rings is 1. The van der Waals surface area contributed by atoms with Crippen molar-refractivity contribution in [3.8, 4) is 11.4 Å². The molecule has 0 saturated carbocycles. The van der Waals surface area contributed by atoms with Gasteiger partial charge in [-0.1, -0.05) is 5.16 Å². The van der Waals surface area contributed by atoms with Gasteiger partial charge in [-0.2, -0.15) is 18.2 Å². The summed E-state index contributed by atoms with van der Waals surface area (Å²) in [4.78, 5) is 17.8. The molecule has 0 unspecified atom stereocenters. The number of fused-ring (bicyclic) bond motifs is 1. The molecule has 4 heterocycles. The number of aliphatic hydroxyl groups excluding tert-OH is 1. The van der Waals surface area contributed by atoms with Crippen molar-refractivity contribution in [1.82, 2.24) is 24.8 Å². The summed E-state index contributed by atoms with van der Waals surface area (Å²) >= 11 is -0.316. The van der Waals surface area contributed by atoms with Gasteiger partial charge in [-0.25, -0.2) is 4.39 Å². The minimum Gasteiger partial charge on any atom is -0.393 e. The molecule has 196 valence electrons. The molecule has 0 aromatic carbocycles. The van der Waals surface area contributed by atoms with Crippen LogP contribution in [0.25, 0.3) is 16.9 Å². The van der Waals surface area contributed by atoms with Crippen LogP contribution < -0.4 is 10.6 Å². The van der Waals surface area contributed by atoms with E-state index < -0.39 is 29.7 Å². The minimum atomic E-state index is -4.59. The van der Waals surface area contributed by atoms with Crippen molar-refractivity contribution in [3.05, 3.63) is 30.3 Å². The Hall–Kier alpha value is -2.84. The summed E-state index contributed by atoms with van der Waals surface area (Å²) < 4.78 is 61.5. The summed E-state index contributed by atoms with van der Waals surface area (Å²) in [6.07, 6.45) is -0.0526.